The zero-order valence-corrected chi connectivity index (χ0v) is 19.1. The lowest BCUT2D eigenvalue weighted by Gasteiger charge is -2.30. The van der Waals surface area contributed by atoms with Gasteiger partial charge in [0.25, 0.3) is 5.91 Å². The van der Waals surface area contributed by atoms with Crippen LogP contribution in [0.4, 0.5) is 10.5 Å². The molecule has 0 saturated heterocycles. The first-order valence-electron chi connectivity index (χ1n) is 9.34. The van der Waals surface area contributed by atoms with Crippen molar-refractivity contribution in [3.05, 3.63) is 62.8 Å². The first-order chi connectivity index (χ1) is 14.3. The number of amides is 3. The Morgan fingerprint density at radius 3 is 2.43 bits per heavy atom. The molecule has 30 heavy (non-hydrogen) atoms. The van der Waals surface area contributed by atoms with E-state index in [9.17, 15) is 9.59 Å². The van der Waals surface area contributed by atoms with Gasteiger partial charge >= 0.3 is 6.03 Å². The Kier molecular flexibility index (Phi) is 6.36. The highest BCUT2D eigenvalue weighted by molar-refractivity contribution is 9.10. The van der Waals surface area contributed by atoms with Crippen molar-refractivity contribution < 1.29 is 19.1 Å². The average molecular weight is 474 g/mol. The topological polar surface area (TPSA) is 88.7 Å². The molecule has 0 unspecified atom stereocenters. The quantitative estimate of drug-likeness (QED) is 0.602. The molecule has 8 heteroatoms. The molecule has 1 aliphatic heterocycles. The lowest BCUT2D eigenvalue weighted by Crippen LogP contribution is -2.46. The van der Waals surface area contributed by atoms with Gasteiger partial charge in [-0.15, -0.1) is 0 Å². The van der Waals surface area contributed by atoms with Crippen LogP contribution in [0, 0.1) is 13.8 Å². The van der Waals surface area contributed by atoms with E-state index in [0.717, 1.165) is 16.8 Å². The van der Waals surface area contributed by atoms with Gasteiger partial charge in [-0.25, -0.2) is 4.79 Å². The molecular formula is C22H24BrN3O4. The number of ether oxygens (including phenoxy) is 2. The van der Waals surface area contributed by atoms with Gasteiger partial charge in [0.2, 0.25) is 0 Å². The van der Waals surface area contributed by atoms with E-state index in [4.69, 9.17) is 9.47 Å². The number of methoxy groups -OCH3 is 2. The predicted molar refractivity (Wildman–Crippen MR) is 119 cm³/mol. The van der Waals surface area contributed by atoms with Crippen LogP contribution in [-0.2, 0) is 4.79 Å². The van der Waals surface area contributed by atoms with Crippen LogP contribution in [0.2, 0.25) is 0 Å². The van der Waals surface area contributed by atoms with Gasteiger partial charge in [-0.1, -0.05) is 28.1 Å². The highest BCUT2D eigenvalue weighted by Gasteiger charge is 2.33. The van der Waals surface area contributed by atoms with Gasteiger partial charge in [0.05, 0.1) is 25.8 Å². The highest BCUT2D eigenvalue weighted by Crippen LogP contribution is 2.39. The molecule has 0 aromatic heterocycles. The number of hydrogen-bond donors (Lipinski definition) is 3. The van der Waals surface area contributed by atoms with Crippen LogP contribution in [-0.4, -0.2) is 26.2 Å². The van der Waals surface area contributed by atoms with Gasteiger partial charge in [-0.05, 0) is 55.7 Å². The zero-order valence-electron chi connectivity index (χ0n) is 17.5. The molecule has 3 rings (SSSR count). The maximum absolute atomic E-state index is 13.3. The maximum Gasteiger partial charge on any atom is 0.319 e. The van der Waals surface area contributed by atoms with E-state index in [1.54, 1.807) is 26.2 Å². The molecule has 2 aromatic carbocycles. The number of rotatable bonds is 5. The number of benzene rings is 2. The minimum absolute atomic E-state index is 0.305. The van der Waals surface area contributed by atoms with Crippen molar-refractivity contribution in [2.45, 2.75) is 26.8 Å². The largest absolute Gasteiger partial charge is 0.493 e. The van der Waals surface area contributed by atoms with Gasteiger partial charge in [-0.2, -0.15) is 0 Å². The molecule has 1 aliphatic rings. The molecule has 0 saturated carbocycles. The normalized spacial score (nSPS) is 15.9. The molecule has 1 atom stereocenters. The summed E-state index contributed by atoms with van der Waals surface area (Å²) in [5.41, 5.74) is 4.35. The summed E-state index contributed by atoms with van der Waals surface area (Å²) >= 11 is 3.53. The lowest BCUT2D eigenvalue weighted by atomic mass is 9.94. The summed E-state index contributed by atoms with van der Waals surface area (Å²) in [6, 6.07) is 8.16. The maximum atomic E-state index is 13.3. The monoisotopic (exact) mass is 473 g/mol. The van der Waals surface area contributed by atoms with E-state index in [0.29, 0.717) is 32.8 Å². The van der Waals surface area contributed by atoms with E-state index < -0.39 is 6.04 Å². The van der Waals surface area contributed by atoms with Crippen molar-refractivity contribution in [3.8, 4) is 11.5 Å². The number of nitrogens with one attached hydrogen (secondary N) is 3. The first kappa shape index (κ1) is 21.7. The summed E-state index contributed by atoms with van der Waals surface area (Å²) in [5.74, 6) is 0.728. The zero-order chi connectivity index (χ0) is 22.0. The number of carbonyl (C=O) groups is 2. The van der Waals surface area contributed by atoms with Gasteiger partial charge in [-0.3, -0.25) is 4.79 Å². The van der Waals surface area contributed by atoms with E-state index in [2.05, 4.69) is 31.9 Å². The van der Waals surface area contributed by atoms with Crippen LogP contribution in [0.5, 0.6) is 11.5 Å². The van der Waals surface area contributed by atoms with Gasteiger partial charge in [0, 0.05) is 15.9 Å². The molecule has 158 valence electrons. The lowest BCUT2D eigenvalue weighted by molar-refractivity contribution is -0.113. The smallest absolute Gasteiger partial charge is 0.319 e. The van der Waals surface area contributed by atoms with Crippen LogP contribution in [0.15, 0.2) is 46.1 Å². The summed E-state index contributed by atoms with van der Waals surface area (Å²) in [6.45, 7) is 5.65. The average Bonchev–Trinajstić information content (AvgIpc) is 2.70. The minimum atomic E-state index is -0.682. The number of urea groups is 1. The van der Waals surface area contributed by atoms with Crippen molar-refractivity contribution in [2.24, 2.45) is 0 Å². The number of hydrogen-bond acceptors (Lipinski definition) is 4. The second kappa shape index (κ2) is 8.79. The molecule has 7 nitrogen and oxygen atoms in total. The fraction of sp³-hybridized carbons (Fsp3) is 0.273. The van der Waals surface area contributed by atoms with Crippen molar-refractivity contribution in [3.63, 3.8) is 0 Å². The van der Waals surface area contributed by atoms with Crippen molar-refractivity contribution in [1.82, 2.24) is 10.6 Å². The summed E-state index contributed by atoms with van der Waals surface area (Å²) < 4.78 is 11.4. The van der Waals surface area contributed by atoms with Gasteiger partial charge in [0.1, 0.15) is 0 Å². The summed E-state index contributed by atoms with van der Waals surface area (Å²) in [6.07, 6.45) is 0. The number of carbonyl (C=O) groups excluding carboxylic acids is 2. The standard InChI is InChI=1S/C22H24BrN3O4/c1-11-7-6-8-16(12(11)2)25-21(27)19-13(3)24-22(28)26-20(19)14-9-17(29-4)18(30-5)10-15(14)23/h6-10,20H,1-5H3,(H,25,27)(H2,24,26,28)/t20-/m0/s1. The first-order valence-corrected chi connectivity index (χ1v) is 10.1. The molecule has 3 N–H and O–H groups in total. The molecule has 0 fully saturated rings. The Hall–Kier alpha value is -3.00. The van der Waals surface area contributed by atoms with E-state index in [1.165, 1.54) is 7.11 Å². The fourth-order valence-electron chi connectivity index (χ4n) is 3.40. The van der Waals surface area contributed by atoms with Crippen LogP contribution >= 0.6 is 15.9 Å². The van der Waals surface area contributed by atoms with E-state index in [-0.39, 0.29) is 11.9 Å². The van der Waals surface area contributed by atoms with Crippen molar-refractivity contribution in [2.75, 3.05) is 19.5 Å². The molecule has 0 radical (unpaired) electrons. The molecule has 2 aromatic rings. The molecule has 3 amide bonds. The summed E-state index contributed by atoms with van der Waals surface area (Å²) in [7, 11) is 3.08. The molecule has 0 spiro atoms. The number of halogens is 1. The fourth-order valence-corrected chi connectivity index (χ4v) is 3.95. The van der Waals surface area contributed by atoms with Gasteiger partial charge < -0.3 is 25.4 Å². The Morgan fingerprint density at radius 1 is 1.10 bits per heavy atom. The van der Waals surface area contributed by atoms with Crippen LogP contribution in [0.3, 0.4) is 0 Å². The molecule has 1 heterocycles. The van der Waals surface area contributed by atoms with Crippen LogP contribution in [0.1, 0.15) is 29.7 Å². The Balaban J connectivity index is 2.05. The van der Waals surface area contributed by atoms with Crippen LogP contribution in [0.25, 0.3) is 0 Å². The molecule has 0 aliphatic carbocycles. The predicted octanol–water partition coefficient (Wildman–Crippen LogP) is 4.35. The third-order valence-electron chi connectivity index (χ3n) is 5.18. The van der Waals surface area contributed by atoms with E-state index >= 15 is 0 Å². The van der Waals surface area contributed by atoms with Crippen molar-refractivity contribution >= 4 is 33.6 Å². The number of aryl methyl sites for hydroxylation is 1. The SMILES string of the molecule is COc1cc(Br)c([C@@H]2NC(=O)NC(C)=C2C(=O)Nc2cccc(C)c2C)cc1OC. The summed E-state index contributed by atoms with van der Waals surface area (Å²) in [5, 5.41) is 8.51. The van der Waals surface area contributed by atoms with E-state index in [1.807, 2.05) is 32.0 Å². The second-order valence-corrected chi connectivity index (χ2v) is 7.85. The van der Waals surface area contributed by atoms with Gasteiger partial charge in [0.15, 0.2) is 11.5 Å². The minimum Gasteiger partial charge on any atom is -0.493 e. The second-order valence-electron chi connectivity index (χ2n) is 7.00. The number of allylic oxidation sites excluding steroid dienone is 1. The third-order valence-corrected chi connectivity index (χ3v) is 5.87. The van der Waals surface area contributed by atoms with Crippen molar-refractivity contribution in [1.29, 1.82) is 0 Å². The summed E-state index contributed by atoms with van der Waals surface area (Å²) in [4.78, 5) is 25.5. The molecule has 0 bridgehead atoms. The highest BCUT2D eigenvalue weighted by atomic mass is 79.9. The molecular weight excluding hydrogens is 450 g/mol. The third kappa shape index (κ3) is 4.14. The Bertz CT molecular complexity index is 1050. The Labute approximate surface area is 184 Å². The van der Waals surface area contributed by atoms with Crippen LogP contribution < -0.4 is 25.4 Å². The number of anilines is 1. The Morgan fingerprint density at radius 2 is 1.77 bits per heavy atom.